The van der Waals surface area contributed by atoms with Crippen molar-refractivity contribution in [3.63, 3.8) is 0 Å². The first-order valence-electron chi connectivity index (χ1n) is 10.8. The monoisotopic (exact) mass is 480 g/mol. The van der Waals surface area contributed by atoms with Gasteiger partial charge in [-0.15, -0.1) is 6.42 Å². The first-order valence-corrected chi connectivity index (χ1v) is 10.8. The molecule has 0 spiro atoms. The third-order valence-corrected chi connectivity index (χ3v) is 4.10. The molecule has 0 aliphatic heterocycles. The fraction of sp³-hybridized carbons (Fsp3) is 0.207. The summed E-state index contributed by atoms with van der Waals surface area (Å²) in [5.41, 5.74) is 0.362. The van der Waals surface area contributed by atoms with Crippen molar-refractivity contribution in [2.75, 3.05) is 11.9 Å². The molecule has 0 aliphatic carbocycles. The van der Waals surface area contributed by atoms with E-state index >= 15 is 0 Å². The van der Waals surface area contributed by atoms with Gasteiger partial charge in [0.15, 0.2) is 0 Å². The second-order valence-corrected chi connectivity index (χ2v) is 8.09. The first-order chi connectivity index (χ1) is 17.2. The Labute approximate surface area is 211 Å². The van der Waals surface area contributed by atoms with Crippen LogP contribution in [0.3, 0.4) is 0 Å². The van der Waals surface area contributed by atoms with Crippen molar-refractivity contribution in [3.8, 4) is 47.9 Å². The van der Waals surface area contributed by atoms with Crippen LogP contribution in [0.4, 0.5) is 10.5 Å². The summed E-state index contributed by atoms with van der Waals surface area (Å²) in [6.07, 6.45) is 4.19. The lowest BCUT2D eigenvalue weighted by Crippen LogP contribution is -2.48. The second-order valence-electron chi connectivity index (χ2n) is 8.09. The lowest BCUT2D eigenvalue weighted by Gasteiger charge is -2.23. The number of anilines is 1. The van der Waals surface area contributed by atoms with Crippen molar-refractivity contribution < 1.29 is 23.9 Å². The highest BCUT2D eigenvalue weighted by molar-refractivity contribution is 5.98. The molecule has 0 heterocycles. The minimum Gasteiger partial charge on any atom is -0.459 e. The minimum atomic E-state index is -1.24. The molecule has 2 aromatic carbocycles. The van der Waals surface area contributed by atoms with Crippen LogP contribution >= 0.6 is 0 Å². The summed E-state index contributed by atoms with van der Waals surface area (Å²) in [6.45, 7) is 4.64. The van der Waals surface area contributed by atoms with Gasteiger partial charge in [0.1, 0.15) is 18.2 Å². The summed E-state index contributed by atoms with van der Waals surface area (Å²) >= 11 is 0. The zero-order valence-electron chi connectivity index (χ0n) is 20.1. The molecule has 0 bridgehead atoms. The molecule has 7 nitrogen and oxygen atoms in total. The van der Waals surface area contributed by atoms with Crippen LogP contribution in [0, 0.1) is 47.9 Å². The number of terminal acetylenes is 1. The van der Waals surface area contributed by atoms with E-state index in [0.717, 1.165) is 0 Å². The van der Waals surface area contributed by atoms with Crippen molar-refractivity contribution in [1.82, 2.24) is 5.32 Å². The standard InChI is InChI=1S/C29H24N2O5/c1-5-6-7-8-9-11-16-22-17-14-15-20-24(22)30-26(32)25(31-28(34)36-29(2,3)4)21-35-27(33)23-18-12-10-13-19-23/h1,10,12-15,17-20,25H,21H2,2-4H3,(H,30,32)(H,31,34). The van der Waals surface area contributed by atoms with Crippen LogP contribution < -0.4 is 10.6 Å². The number of esters is 1. The summed E-state index contributed by atoms with van der Waals surface area (Å²) in [5, 5.41) is 5.15. The highest BCUT2D eigenvalue weighted by atomic mass is 16.6. The van der Waals surface area contributed by atoms with Crippen molar-refractivity contribution >= 4 is 23.7 Å². The molecule has 2 aromatic rings. The Morgan fingerprint density at radius 2 is 1.56 bits per heavy atom. The van der Waals surface area contributed by atoms with E-state index in [1.807, 2.05) is 0 Å². The number of benzene rings is 2. The van der Waals surface area contributed by atoms with Gasteiger partial charge in [-0.1, -0.05) is 36.3 Å². The third-order valence-electron chi connectivity index (χ3n) is 4.10. The number of hydrogen-bond donors (Lipinski definition) is 2. The van der Waals surface area contributed by atoms with E-state index in [1.165, 1.54) is 0 Å². The number of alkyl carbamates (subject to hydrolysis) is 1. The maximum atomic E-state index is 13.1. The van der Waals surface area contributed by atoms with Crippen LogP contribution in [0.15, 0.2) is 54.6 Å². The number of hydrogen-bond acceptors (Lipinski definition) is 5. The van der Waals surface area contributed by atoms with Gasteiger partial charge in [-0.25, -0.2) is 9.59 Å². The molecular formula is C29H24N2O5. The Hall–Kier alpha value is -5.11. The smallest absolute Gasteiger partial charge is 0.408 e. The van der Waals surface area contributed by atoms with E-state index in [9.17, 15) is 14.4 Å². The van der Waals surface area contributed by atoms with Gasteiger partial charge in [0, 0.05) is 5.56 Å². The number of para-hydroxylation sites is 1. The molecule has 7 heteroatoms. The lowest BCUT2D eigenvalue weighted by molar-refractivity contribution is -0.119. The largest absolute Gasteiger partial charge is 0.459 e. The van der Waals surface area contributed by atoms with Crippen molar-refractivity contribution in [2.45, 2.75) is 32.4 Å². The summed E-state index contributed by atoms with van der Waals surface area (Å²) < 4.78 is 10.5. The molecule has 0 fully saturated rings. The SMILES string of the molecule is C#CC#CC#CC#Cc1ccccc1NC(=O)C(COC(=O)c1ccccc1)NC(=O)OC(C)(C)C. The lowest BCUT2D eigenvalue weighted by atomic mass is 10.1. The van der Waals surface area contributed by atoms with Gasteiger partial charge in [0.25, 0.3) is 5.91 Å². The normalized spacial score (nSPS) is 10.3. The Balaban J connectivity index is 2.20. The van der Waals surface area contributed by atoms with E-state index in [-0.39, 0.29) is 0 Å². The number of amides is 2. The molecule has 0 radical (unpaired) electrons. The maximum Gasteiger partial charge on any atom is 0.408 e. The van der Waals surface area contributed by atoms with E-state index in [4.69, 9.17) is 15.9 Å². The van der Waals surface area contributed by atoms with E-state index in [0.29, 0.717) is 16.8 Å². The number of carbonyl (C=O) groups is 3. The third kappa shape index (κ3) is 9.80. The Bertz CT molecular complexity index is 1330. The highest BCUT2D eigenvalue weighted by Gasteiger charge is 2.26. The number of rotatable bonds is 6. The maximum absolute atomic E-state index is 13.1. The van der Waals surface area contributed by atoms with Gasteiger partial charge in [0.05, 0.1) is 11.3 Å². The van der Waals surface area contributed by atoms with Crippen LogP contribution in [0.1, 0.15) is 36.7 Å². The van der Waals surface area contributed by atoms with Crippen LogP contribution in [0.5, 0.6) is 0 Å². The van der Waals surface area contributed by atoms with Crippen LogP contribution in [-0.2, 0) is 14.3 Å². The number of carbonyl (C=O) groups excluding carboxylic acids is 3. The molecular weight excluding hydrogens is 456 g/mol. The second kappa shape index (κ2) is 13.6. The average Bonchev–Trinajstić information content (AvgIpc) is 2.84. The van der Waals surface area contributed by atoms with Gasteiger partial charge >= 0.3 is 12.1 Å². The zero-order valence-corrected chi connectivity index (χ0v) is 20.1. The fourth-order valence-corrected chi connectivity index (χ4v) is 2.60. The van der Waals surface area contributed by atoms with E-state index in [2.05, 4.69) is 52.1 Å². The Morgan fingerprint density at radius 1 is 0.917 bits per heavy atom. The van der Waals surface area contributed by atoms with Crippen molar-refractivity contribution in [1.29, 1.82) is 0 Å². The molecule has 0 saturated heterocycles. The van der Waals surface area contributed by atoms with Crippen LogP contribution in [0.25, 0.3) is 0 Å². The number of ether oxygens (including phenoxy) is 2. The van der Waals surface area contributed by atoms with Crippen LogP contribution in [0.2, 0.25) is 0 Å². The molecule has 0 saturated carbocycles. The van der Waals surface area contributed by atoms with E-state index in [1.54, 1.807) is 75.4 Å². The topological polar surface area (TPSA) is 93.7 Å². The number of nitrogens with one attached hydrogen (secondary N) is 2. The molecule has 1 atom stereocenters. The van der Waals surface area contributed by atoms with Gasteiger partial charge < -0.3 is 20.1 Å². The molecule has 36 heavy (non-hydrogen) atoms. The van der Waals surface area contributed by atoms with Crippen LogP contribution in [-0.4, -0.2) is 36.2 Å². The van der Waals surface area contributed by atoms with Gasteiger partial charge in [0.2, 0.25) is 0 Å². The average molecular weight is 481 g/mol. The molecule has 2 amide bonds. The quantitative estimate of drug-likeness (QED) is 0.489. The molecule has 0 aromatic heterocycles. The van der Waals surface area contributed by atoms with Gasteiger partial charge in [-0.2, -0.15) is 0 Å². The summed E-state index contributed by atoms with van der Waals surface area (Å²) in [5.74, 6) is 16.1. The summed E-state index contributed by atoms with van der Waals surface area (Å²) in [7, 11) is 0. The minimum absolute atomic E-state index is 0.308. The van der Waals surface area contributed by atoms with Crippen molar-refractivity contribution in [3.05, 3.63) is 65.7 Å². The Morgan fingerprint density at radius 3 is 2.25 bits per heavy atom. The fourth-order valence-electron chi connectivity index (χ4n) is 2.60. The van der Waals surface area contributed by atoms with E-state index < -0.39 is 36.2 Å². The Kier molecular flexibility index (Phi) is 10.2. The van der Waals surface area contributed by atoms with Gasteiger partial charge in [-0.3, -0.25) is 4.79 Å². The summed E-state index contributed by atoms with van der Waals surface area (Å²) in [4.78, 5) is 37.8. The van der Waals surface area contributed by atoms with Gasteiger partial charge in [-0.05, 0) is 80.6 Å². The van der Waals surface area contributed by atoms with Crippen molar-refractivity contribution in [2.24, 2.45) is 0 Å². The first kappa shape index (κ1) is 27.1. The molecule has 180 valence electrons. The predicted octanol–water partition coefficient (Wildman–Crippen LogP) is 3.37. The molecule has 1 unspecified atom stereocenters. The predicted molar refractivity (Wildman–Crippen MR) is 136 cm³/mol. The molecule has 0 aliphatic rings. The molecule has 2 rings (SSSR count). The molecule has 2 N–H and O–H groups in total. The summed E-state index contributed by atoms with van der Waals surface area (Å²) in [6, 6.07) is 13.8. The zero-order chi connectivity index (χ0) is 26.4. The highest BCUT2D eigenvalue weighted by Crippen LogP contribution is 2.15.